The summed E-state index contributed by atoms with van der Waals surface area (Å²) in [6, 6.07) is 3.29. The molecular weight excluding hydrogens is 206 g/mol. The van der Waals surface area contributed by atoms with Gasteiger partial charge in [-0.15, -0.1) is 0 Å². The van der Waals surface area contributed by atoms with Crippen LogP contribution in [0.25, 0.3) is 6.08 Å². The number of esters is 1. The van der Waals surface area contributed by atoms with E-state index in [1.807, 2.05) is 0 Å². The van der Waals surface area contributed by atoms with Crippen molar-refractivity contribution in [1.29, 1.82) is 0 Å². The van der Waals surface area contributed by atoms with Crippen molar-refractivity contribution in [2.75, 3.05) is 6.61 Å². The second-order valence-electron chi connectivity index (χ2n) is 3.20. The maximum atomic E-state index is 11.3. The van der Waals surface area contributed by atoms with E-state index >= 15 is 0 Å². The Labute approximate surface area is 94.0 Å². The van der Waals surface area contributed by atoms with Gasteiger partial charge in [0, 0.05) is 6.20 Å². The summed E-state index contributed by atoms with van der Waals surface area (Å²) < 4.78 is 4.80. The molecule has 1 aromatic rings. The molecule has 0 aliphatic carbocycles. The van der Waals surface area contributed by atoms with E-state index in [0.29, 0.717) is 12.2 Å². The summed E-state index contributed by atoms with van der Waals surface area (Å²) in [4.78, 5) is 25.6. The van der Waals surface area contributed by atoms with Crippen LogP contribution >= 0.6 is 0 Å². The van der Waals surface area contributed by atoms with Gasteiger partial charge in [0.05, 0.1) is 6.61 Å². The van der Waals surface area contributed by atoms with Crippen LogP contribution in [0.3, 0.4) is 0 Å². The predicted molar refractivity (Wildman–Crippen MR) is 59.9 cm³/mol. The van der Waals surface area contributed by atoms with Crippen LogP contribution in [0.2, 0.25) is 0 Å². The Kier molecular flexibility index (Phi) is 4.39. The van der Waals surface area contributed by atoms with Crippen molar-refractivity contribution in [3.05, 3.63) is 35.2 Å². The lowest BCUT2D eigenvalue weighted by Crippen LogP contribution is -2.06. The summed E-state index contributed by atoms with van der Waals surface area (Å²) in [6.07, 6.45) is 3.98. The van der Waals surface area contributed by atoms with Crippen molar-refractivity contribution in [2.45, 2.75) is 13.8 Å². The highest BCUT2D eigenvalue weighted by molar-refractivity contribution is 5.87. The first kappa shape index (κ1) is 12.1. The fourth-order valence-electron chi connectivity index (χ4n) is 1.11. The molecular formula is C12H13NO3. The highest BCUT2D eigenvalue weighted by Crippen LogP contribution is 2.06. The van der Waals surface area contributed by atoms with Gasteiger partial charge in [-0.2, -0.15) is 0 Å². The molecule has 1 heterocycles. The first-order valence-electron chi connectivity index (χ1n) is 4.94. The van der Waals surface area contributed by atoms with E-state index in [1.54, 1.807) is 32.1 Å². The predicted octanol–water partition coefficient (Wildman–Crippen LogP) is 1.86. The normalized spacial score (nSPS) is 11.0. The van der Waals surface area contributed by atoms with Crippen LogP contribution in [0.5, 0.6) is 0 Å². The molecule has 1 aromatic heterocycles. The molecule has 0 atom stereocenters. The zero-order chi connectivity index (χ0) is 12.0. The van der Waals surface area contributed by atoms with E-state index in [0.717, 1.165) is 11.8 Å². The molecule has 4 nitrogen and oxygen atoms in total. The van der Waals surface area contributed by atoms with Gasteiger partial charge < -0.3 is 4.74 Å². The standard InChI is InChI=1S/C12H13NO3/c1-3-16-12(15)11-5-4-10(7-13-11)6-9(2)8-14/h4-8H,3H2,1-2H3/b9-6+. The van der Waals surface area contributed by atoms with Gasteiger partial charge in [0.1, 0.15) is 12.0 Å². The molecule has 0 fully saturated rings. The number of hydrogen-bond acceptors (Lipinski definition) is 4. The SMILES string of the molecule is CCOC(=O)c1ccc(/C=C(\C)C=O)cn1. The summed E-state index contributed by atoms with van der Waals surface area (Å²) in [5, 5.41) is 0. The molecule has 0 saturated carbocycles. The monoisotopic (exact) mass is 219 g/mol. The van der Waals surface area contributed by atoms with Gasteiger partial charge in [-0.1, -0.05) is 6.07 Å². The first-order chi connectivity index (χ1) is 7.67. The molecule has 1 rings (SSSR count). The fraction of sp³-hybridized carbons (Fsp3) is 0.250. The van der Waals surface area contributed by atoms with Gasteiger partial charge in [-0.3, -0.25) is 4.79 Å². The number of nitrogens with zero attached hydrogens (tertiary/aromatic N) is 1. The average Bonchev–Trinajstić information content (AvgIpc) is 2.30. The smallest absolute Gasteiger partial charge is 0.356 e. The lowest BCUT2D eigenvalue weighted by molar-refractivity contribution is -0.104. The molecule has 0 bridgehead atoms. The number of pyridine rings is 1. The second kappa shape index (κ2) is 5.80. The Morgan fingerprint density at radius 1 is 1.50 bits per heavy atom. The largest absolute Gasteiger partial charge is 0.461 e. The average molecular weight is 219 g/mol. The highest BCUT2D eigenvalue weighted by Gasteiger charge is 2.06. The molecule has 0 aliphatic heterocycles. The van der Waals surface area contributed by atoms with Gasteiger partial charge in [0.15, 0.2) is 0 Å². The third kappa shape index (κ3) is 3.31. The molecule has 0 N–H and O–H groups in total. The molecule has 0 radical (unpaired) electrons. The van der Waals surface area contributed by atoms with Gasteiger partial charge in [-0.25, -0.2) is 9.78 Å². The summed E-state index contributed by atoms with van der Waals surface area (Å²) in [5.41, 5.74) is 1.64. The van der Waals surface area contributed by atoms with Crippen molar-refractivity contribution in [3.63, 3.8) is 0 Å². The number of aldehydes is 1. The van der Waals surface area contributed by atoms with Crippen LogP contribution in [0.1, 0.15) is 29.9 Å². The van der Waals surface area contributed by atoms with Crippen molar-refractivity contribution < 1.29 is 14.3 Å². The number of aromatic nitrogens is 1. The molecule has 0 saturated heterocycles. The number of carbonyl (C=O) groups is 2. The maximum absolute atomic E-state index is 11.3. The van der Waals surface area contributed by atoms with Crippen LogP contribution in [0, 0.1) is 0 Å². The Morgan fingerprint density at radius 3 is 2.75 bits per heavy atom. The van der Waals surface area contributed by atoms with E-state index in [9.17, 15) is 9.59 Å². The minimum absolute atomic E-state index is 0.266. The molecule has 16 heavy (non-hydrogen) atoms. The molecule has 0 aromatic carbocycles. The first-order valence-corrected chi connectivity index (χ1v) is 4.94. The Hall–Kier alpha value is -1.97. The lowest BCUT2D eigenvalue weighted by Gasteiger charge is -2.00. The highest BCUT2D eigenvalue weighted by atomic mass is 16.5. The van der Waals surface area contributed by atoms with Gasteiger partial charge in [-0.05, 0) is 37.1 Å². The Morgan fingerprint density at radius 2 is 2.25 bits per heavy atom. The molecule has 0 amide bonds. The van der Waals surface area contributed by atoms with E-state index in [2.05, 4.69) is 4.98 Å². The molecule has 84 valence electrons. The lowest BCUT2D eigenvalue weighted by atomic mass is 10.2. The zero-order valence-corrected chi connectivity index (χ0v) is 9.27. The van der Waals surface area contributed by atoms with Gasteiger partial charge in [0.2, 0.25) is 0 Å². The summed E-state index contributed by atoms with van der Waals surface area (Å²) in [5.74, 6) is -0.440. The third-order valence-electron chi connectivity index (χ3n) is 1.85. The van der Waals surface area contributed by atoms with Crippen LogP contribution in [-0.2, 0) is 9.53 Å². The van der Waals surface area contributed by atoms with Crippen molar-refractivity contribution in [3.8, 4) is 0 Å². The Balaban J connectivity index is 2.83. The molecule has 0 aliphatic rings. The zero-order valence-electron chi connectivity index (χ0n) is 9.27. The van der Waals surface area contributed by atoms with Crippen LogP contribution in [0.15, 0.2) is 23.9 Å². The second-order valence-corrected chi connectivity index (χ2v) is 3.20. The number of carbonyl (C=O) groups excluding carboxylic acids is 2. The van der Waals surface area contributed by atoms with Gasteiger partial charge in [0.25, 0.3) is 0 Å². The molecule has 4 heteroatoms. The molecule has 0 unspecified atom stereocenters. The fourth-order valence-corrected chi connectivity index (χ4v) is 1.11. The summed E-state index contributed by atoms with van der Waals surface area (Å²) in [6.45, 7) is 3.77. The maximum Gasteiger partial charge on any atom is 0.356 e. The summed E-state index contributed by atoms with van der Waals surface area (Å²) >= 11 is 0. The van der Waals surface area contributed by atoms with E-state index < -0.39 is 5.97 Å². The minimum atomic E-state index is -0.440. The minimum Gasteiger partial charge on any atom is -0.461 e. The topological polar surface area (TPSA) is 56.3 Å². The van der Waals surface area contributed by atoms with E-state index in [-0.39, 0.29) is 5.69 Å². The van der Waals surface area contributed by atoms with Gasteiger partial charge >= 0.3 is 5.97 Å². The number of allylic oxidation sites excluding steroid dienone is 1. The summed E-state index contributed by atoms with van der Waals surface area (Å²) in [7, 11) is 0. The molecule has 0 spiro atoms. The quantitative estimate of drug-likeness (QED) is 0.440. The van der Waals surface area contributed by atoms with Crippen LogP contribution in [-0.4, -0.2) is 23.8 Å². The van der Waals surface area contributed by atoms with E-state index in [4.69, 9.17) is 4.74 Å². The Bertz CT molecular complexity index is 407. The number of rotatable bonds is 4. The number of ether oxygens (including phenoxy) is 1. The van der Waals surface area contributed by atoms with Crippen molar-refractivity contribution >= 4 is 18.3 Å². The van der Waals surface area contributed by atoms with E-state index in [1.165, 1.54) is 6.20 Å². The third-order valence-corrected chi connectivity index (χ3v) is 1.85. The van der Waals surface area contributed by atoms with Crippen molar-refractivity contribution in [1.82, 2.24) is 4.98 Å². The van der Waals surface area contributed by atoms with Crippen molar-refractivity contribution in [2.24, 2.45) is 0 Å². The number of hydrogen-bond donors (Lipinski definition) is 0. The van der Waals surface area contributed by atoms with Crippen LogP contribution in [0.4, 0.5) is 0 Å². The van der Waals surface area contributed by atoms with Crippen LogP contribution < -0.4 is 0 Å².